The SMILES string of the molecule is CN(C)CC(=O)Nc1cccc(C(=N)c2cc(-c3ncn[nH]3)ccc2N)c1. The number of nitrogens with two attached hydrogens (primary N) is 1. The summed E-state index contributed by atoms with van der Waals surface area (Å²) in [5, 5.41) is 18.1. The third-order valence-corrected chi connectivity index (χ3v) is 3.91. The van der Waals surface area contributed by atoms with Crippen LogP contribution in [0.3, 0.4) is 0 Å². The maximum absolute atomic E-state index is 12.0. The molecule has 2 aromatic carbocycles. The minimum absolute atomic E-state index is 0.115. The van der Waals surface area contributed by atoms with Gasteiger partial charge < -0.3 is 16.0 Å². The molecule has 0 aliphatic carbocycles. The van der Waals surface area contributed by atoms with Crippen LogP contribution in [0.5, 0.6) is 0 Å². The number of nitrogen functional groups attached to an aromatic ring is 1. The van der Waals surface area contributed by atoms with Crippen LogP contribution in [0.2, 0.25) is 0 Å². The molecule has 0 radical (unpaired) electrons. The van der Waals surface area contributed by atoms with Crippen LogP contribution in [-0.2, 0) is 4.79 Å². The summed E-state index contributed by atoms with van der Waals surface area (Å²) in [6.07, 6.45) is 1.43. The minimum atomic E-state index is -0.115. The fraction of sp³-hybridized carbons (Fsp3) is 0.158. The first-order valence-corrected chi connectivity index (χ1v) is 8.33. The maximum atomic E-state index is 12.0. The molecule has 1 amide bonds. The van der Waals surface area contributed by atoms with Crippen LogP contribution < -0.4 is 11.1 Å². The third-order valence-electron chi connectivity index (χ3n) is 3.91. The maximum Gasteiger partial charge on any atom is 0.238 e. The summed E-state index contributed by atoms with van der Waals surface area (Å²) in [7, 11) is 3.66. The van der Waals surface area contributed by atoms with E-state index in [0.29, 0.717) is 28.3 Å². The van der Waals surface area contributed by atoms with Crippen molar-refractivity contribution in [2.24, 2.45) is 0 Å². The van der Waals surface area contributed by atoms with E-state index in [9.17, 15) is 4.79 Å². The van der Waals surface area contributed by atoms with Gasteiger partial charge in [-0.2, -0.15) is 5.10 Å². The van der Waals surface area contributed by atoms with E-state index in [-0.39, 0.29) is 18.2 Å². The number of carbonyl (C=O) groups is 1. The topological polar surface area (TPSA) is 124 Å². The number of hydrogen-bond acceptors (Lipinski definition) is 6. The van der Waals surface area contributed by atoms with Crippen LogP contribution in [-0.4, -0.2) is 52.3 Å². The van der Waals surface area contributed by atoms with Gasteiger partial charge in [0.25, 0.3) is 0 Å². The zero-order valence-electron chi connectivity index (χ0n) is 15.2. The molecule has 0 unspecified atom stereocenters. The van der Waals surface area contributed by atoms with Crippen molar-refractivity contribution in [1.29, 1.82) is 5.41 Å². The van der Waals surface area contributed by atoms with Gasteiger partial charge in [0.2, 0.25) is 5.91 Å². The second-order valence-electron chi connectivity index (χ2n) is 6.38. The van der Waals surface area contributed by atoms with Gasteiger partial charge in [-0.25, -0.2) is 4.98 Å². The van der Waals surface area contributed by atoms with Crippen molar-refractivity contribution in [3.63, 3.8) is 0 Å². The average Bonchev–Trinajstić information content (AvgIpc) is 3.15. The lowest BCUT2D eigenvalue weighted by Crippen LogP contribution is -2.27. The molecule has 8 heteroatoms. The number of anilines is 2. The van der Waals surface area contributed by atoms with Gasteiger partial charge >= 0.3 is 0 Å². The number of benzene rings is 2. The van der Waals surface area contributed by atoms with Gasteiger partial charge in [0, 0.05) is 28.1 Å². The molecule has 0 fully saturated rings. The lowest BCUT2D eigenvalue weighted by molar-refractivity contribution is -0.116. The van der Waals surface area contributed by atoms with Crippen molar-refractivity contribution in [2.45, 2.75) is 0 Å². The predicted molar refractivity (Wildman–Crippen MR) is 106 cm³/mol. The highest BCUT2D eigenvalue weighted by Gasteiger charge is 2.13. The number of amides is 1. The van der Waals surface area contributed by atoms with Gasteiger partial charge in [-0.1, -0.05) is 12.1 Å². The summed E-state index contributed by atoms with van der Waals surface area (Å²) in [5.74, 6) is 0.490. The molecule has 1 heterocycles. The van der Waals surface area contributed by atoms with E-state index in [1.807, 2.05) is 26.2 Å². The van der Waals surface area contributed by atoms with Gasteiger partial charge in [-0.15, -0.1) is 0 Å². The second kappa shape index (κ2) is 7.79. The largest absolute Gasteiger partial charge is 0.398 e. The van der Waals surface area contributed by atoms with E-state index in [0.717, 1.165) is 5.56 Å². The van der Waals surface area contributed by atoms with Crippen molar-refractivity contribution in [1.82, 2.24) is 20.1 Å². The molecule has 138 valence electrons. The number of H-pyrrole nitrogens is 1. The Morgan fingerprint density at radius 3 is 2.78 bits per heavy atom. The number of aromatic amines is 1. The first-order chi connectivity index (χ1) is 12.9. The van der Waals surface area contributed by atoms with Crippen molar-refractivity contribution < 1.29 is 4.79 Å². The summed E-state index contributed by atoms with van der Waals surface area (Å²) in [6, 6.07) is 12.5. The quantitative estimate of drug-likeness (QED) is 0.394. The summed E-state index contributed by atoms with van der Waals surface area (Å²) in [6.45, 7) is 0.286. The van der Waals surface area contributed by atoms with Crippen molar-refractivity contribution in [3.05, 3.63) is 59.9 Å². The summed E-state index contributed by atoms with van der Waals surface area (Å²) < 4.78 is 0. The van der Waals surface area contributed by atoms with E-state index in [2.05, 4.69) is 20.5 Å². The number of nitrogens with one attached hydrogen (secondary N) is 3. The molecule has 0 saturated carbocycles. The molecule has 3 aromatic rings. The highest BCUT2D eigenvalue weighted by molar-refractivity contribution is 6.14. The Kier molecular flexibility index (Phi) is 5.28. The lowest BCUT2D eigenvalue weighted by atomic mass is 9.98. The molecule has 5 N–H and O–H groups in total. The van der Waals surface area contributed by atoms with Crippen LogP contribution in [0.15, 0.2) is 48.8 Å². The van der Waals surface area contributed by atoms with E-state index < -0.39 is 0 Å². The fourth-order valence-electron chi connectivity index (χ4n) is 2.66. The van der Waals surface area contributed by atoms with E-state index >= 15 is 0 Å². The molecule has 0 aliphatic rings. The molecule has 27 heavy (non-hydrogen) atoms. The first-order valence-electron chi connectivity index (χ1n) is 8.33. The molecule has 1 aromatic heterocycles. The Bertz CT molecular complexity index is 964. The van der Waals surface area contributed by atoms with Crippen molar-refractivity contribution >= 4 is 23.0 Å². The molecule has 0 atom stereocenters. The molecule has 3 rings (SSSR count). The average molecular weight is 363 g/mol. The normalized spacial score (nSPS) is 10.8. The minimum Gasteiger partial charge on any atom is -0.398 e. The van der Waals surface area contributed by atoms with E-state index in [1.165, 1.54) is 6.33 Å². The number of likely N-dealkylation sites (N-methyl/N-ethyl adjacent to an activating group) is 1. The molecular weight excluding hydrogens is 342 g/mol. The first kappa shape index (κ1) is 18.3. The molecule has 0 saturated heterocycles. The summed E-state index contributed by atoms with van der Waals surface area (Å²) in [5.41, 5.74) is 9.50. The van der Waals surface area contributed by atoms with Crippen LogP contribution >= 0.6 is 0 Å². The number of carbonyl (C=O) groups excluding carboxylic acids is 1. The zero-order valence-corrected chi connectivity index (χ0v) is 15.2. The van der Waals surface area contributed by atoms with Crippen molar-refractivity contribution in [2.75, 3.05) is 31.7 Å². The Labute approximate surface area is 156 Å². The Morgan fingerprint density at radius 2 is 2.07 bits per heavy atom. The molecular formula is C19H21N7O. The fourth-order valence-corrected chi connectivity index (χ4v) is 2.66. The smallest absolute Gasteiger partial charge is 0.238 e. The summed E-state index contributed by atoms with van der Waals surface area (Å²) in [4.78, 5) is 17.9. The predicted octanol–water partition coefficient (Wildman–Crippen LogP) is 1.97. The van der Waals surface area contributed by atoms with Crippen LogP contribution in [0.25, 0.3) is 11.4 Å². The highest BCUT2D eigenvalue weighted by Crippen LogP contribution is 2.24. The monoisotopic (exact) mass is 363 g/mol. The van der Waals surface area contributed by atoms with Gasteiger partial charge in [0.15, 0.2) is 5.82 Å². The standard InChI is InChI=1S/C19H21N7O/c1-26(2)10-17(27)24-14-5-3-4-12(8-14)18(21)15-9-13(6-7-16(15)20)19-22-11-23-25-19/h3-9,11,21H,10,20H2,1-2H3,(H,24,27)(H,22,23,25). The van der Waals surface area contributed by atoms with Gasteiger partial charge in [-0.3, -0.25) is 15.3 Å². The van der Waals surface area contributed by atoms with Crippen LogP contribution in [0.1, 0.15) is 11.1 Å². The number of nitrogens with zero attached hydrogens (tertiary/aromatic N) is 3. The lowest BCUT2D eigenvalue weighted by Gasteiger charge is -2.13. The molecule has 0 bridgehead atoms. The van der Waals surface area contributed by atoms with Crippen LogP contribution in [0, 0.1) is 5.41 Å². The zero-order chi connectivity index (χ0) is 19.4. The van der Waals surface area contributed by atoms with Gasteiger partial charge in [0.05, 0.1) is 12.3 Å². The third kappa shape index (κ3) is 4.36. The molecule has 0 spiro atoms. The van der Waals surface area contributed by atoms with Crippen molar-refractivity contribution in [3.8, 4) is 11.4 Å². The molecule has 8 nitrogen and oxygen atoms in total. The Hall–Kier alpha value is -3.52. The number of rotatable bonds is 6. The Morgan fingerprint density at radius 1 is 1.26 bits per heavy atom. The second-order valence-corrected chi connectivity index (χ2v) is 6.38. The van der Waals surface area contributed by atoms with Gasteiger partial charge in [0.1, 0.15) is 6.33 Å². The van der Waals surface area contributed by atoms with Gasteiger partial charge in [-0.05, 0) is 44.4 Å². The number of aromatic nitrogens is 3. The van der Waals surface area contributed by atoms with E-state index in [1.54, 1.807) is 35.2 Å². The number of hydrogen-bond donors (Lipinski definition) is 4. The Balaban J connectivity index is 1.87. The summed E-state index contributed by atoms with van der Waals surface area (Å²) >= 11 is 0. The molecule has 0 aliphatic heterocycles. The van der Waals surface area contributed by atoms with E-state index in [4.69, 9.17) is 11.1 Å². The highest BCUT2D eigenvalue weighted by atomic mass is 16.2. The van der Waals surface area contributed by atoms with Crippen LogP contribution in [0.4, 0.5) is 11.4 Å².